The van der Waals surface area contributed by atoms with E-state index in [1.165, 1.54) is 6.26 Å². The van der Waals surface area contributed by atoms with E-state index in [4.69, 9.17) is 18.9 Å². The van der Waals surface area contributed by atoms with Gasteiger partial charge in [-0.1, -0.05) is 24.3 Å². The zero-order valence-corrected chi connectivity index (χ0v) is 15.6. The van der Waals surface area contributed by atoms with Crippen molar-refractivity contribution in [1.82, 2.24) is 0 Å². The molecule has 0 aromatic heterocycles. The average Bonchev–Trinajstić information content (AvgIpc) is 3.30. The molecule has 4 rings (SSSR count). The Hall–Kier alpha value is -3.25. The quantitative estimate of drug-likeness (QED) is 0.804. The number of rotatable bonds is 5. The number of carbonyl (C=O) groups excluding carboxylic acids is 1. The molecule has 0 saturated carbocycles. The summed E-state index contributed by atoms with van der Waals surface area (Å²) in [7, 11) is 1.56. The van der Waals surface area contributed by atoms with Crippen molar-refractivity contribution in [2.24, 2.45) is 0 Å². The Morgan fingerprint density at radius 2 is 1.89 bits per heavy atom. The lowest BCUT2D eigenvalue weighted by Gasteiger charge is -2.26. The summed E-state index contributed by atoms with van der Waals surface area (Å²) < 4.78 is 21.2. The number of aryl methyl sites for hydroxylation is 1. The van der Waals surface area contributed by atoms with E-state index >= 15 is 0 Å². The van der Waals surface area contributed by atoms with Crippen LogP contribution in [0.4, 0.5) is 0 Å². The maximum Gasteiger partial charge on any atom is 0.345 e. The van der Waals surface area contributed by atoms with Crippen LogP contribution in [0.1, 0.15) is 16.7 Å². The van der Waals surface area contributed by atoms with E-state index < -0.39 is 11.8 Å². The van der Waals surface area contributed by atoms with E-state index in [9.17, 15) is 9.90 Å². The fourth-order valence-corrected chi connectivity index (χ4v) is 3.42. The van der Waals surface area contributed by atoms with Gasteiger partial charge in [-0.3, -0.25) is 0 Å². The molecule has 0 fully saturated rings. The molecule has 28 heavy (non-hydrogen) atoms. The maximum atomic E-state index is 12.7. The molecule has 0 bridgehead atoms. The predicted molar refractivity (Wildman–Crippen MR) is 100 cm³/mol. The molecular formula is C22H20O6. The van der Waals surface area contributed by atoms with Gasteiger partial charge in [0.05, 0.1) is 7.11 Å². The molecule has 6 heteroatoms. The van der Waals surface area contributed by atoms with E-state index in [1.807, 2.05) is 31.2 Å². The zero-order chi connectivity index (χ0) is 19.7. The fraction of sp³-hybridized carbons (Fsp3) is 0.227. The molecule has 0 radical (unpaired) electrons. The number of hydrogen-bond acceptors (Lipinski definition) is 6. The summed E-state index contributed by atoms with van der Waals surface area (Å²) in [6, 6.07) is 14.6. The number of benzene rings is 2. The van der Waals surface area contributed by atoms with Gasteiger partial charge in [-0.15, -0.1) is 0 Å². The summed E-state index contributed by atoms with van der Waals surface area (Å²) in [5, 5.41) is 11.5. The molecule has 1 unspecified atom stereocenters. The maximum absolute atomic E-state index is 12.7. The van der Waals surface area contributed by atoms with Crippen molar-refractivity contribution in [1.29, 1.82) is 0 Å². The minimum absolute atomic E-state index is 0.0186. The molecule has 0 aliphatic carbocycles. The van der Waals surface area contributed by atoms with Crippen molar-refractivity contribution < 1.29 is 28.8 Å². The summed E-state index contributed by atoms with van der Waals surface area (Å²) in [6.07, 6.45) is 1.69. The molecular weight excluding hydrogens is 360 g/mol. The predicted octanol–water partition coefficient (Wildman–Crippen LogP) is 3.09. The van der Waals surface area contributed by atoms with Gasteiger partial charge in [-0.2, -0.15) is 0 Å². The van der Waals surface area contributed by atoms with Crippen LogP contribution in [-0.2, 0) is 31.2 Å². The highest BCUT2D eigenvalue weighted by molar-refractivity contribution is 5.97. The minimum atomic E-state index is -1.91. The van der Waals surface area contributed by atoms with Gasteiger partial charge in [0, 0.05) is 17.6 Å². The van der Waals surface area contributed by atoms with Crippen LogP contribution in [0.15, 0.2) is 71.7 Å². The Morgan fingerprint density at radius 3 is 2.54 bits per heavy atom. The van der Waals surface area contributed by atoms with Crippen molar-refractivity contribution in [3.8, 4) is 5.75 Å². The van der Waals surface area contributed by atoms with E-state index in [1.54, 1.807) is 31.4 Å². The molecule has 2 aliphatic heterocycles. The van der Waals surface area contributed by atoms with Crippen molar-refractivity contribution in [2.75, 3.05) is 13.9 Å². The van der Waals surface area contributed by atoms with Gasteiger partial charge in [0.2, 0.25) is 6.79 Å². The Bertz CT molecular complexity index is 973. The zero-order valence-electron chi connectivity index (χ0n) is 15.6. The first-order valence-corrected chi connectivity index (χ1v) is 8.86. The van der Waals surface area contributed by atoms with E-state index in [0.29, 0.717) is 23.3 Å². The molecule has 0 spiro atoms. The second-order valence-corrected chi connectivity index (χ2v) is 6.63. The summed E-state index contributed by atoms with van der Waals surface area (Å²) in [5.74, 6) is -1.67. The van der Waals surface area contributed by atoms with E-state index in [0.717, 1.165) is 11.1 Å². The van der Waals surface area contributed by atoms with Gasteiger partial charge in [-0.25, -0.2) is 4.79 Å². The molecule has 2 heterocycles. The molecule has 1 atom stereocenters. The summed E-state index contributed by atoms with van der Waals surface area (Å²) >= 11 is 0. The molecule has 2 aromatic carbocycles. The Labute approximate surface area is 162 Å². The number of carbonyl (C=O) groups is 1. The lowest BCUT2D eigenvalue weighted by molar-refractivity contribution is -0.186. The lowest BCUT2D eigenvalue weighted by atomic mass is 9.88. The molecule has 0 saturated heterocycles. The number of esters is 1. The first-order chi connectivity index (χ1) is 13.5. The monoisotopic (exact) mass is 380 g/mol. The van der Waals surface area contributed by atoms with E-state index in [-0.39, 0.29) is 18.1 Å². The SMILES string of the molecule is COc1ccc(C2(O)OC(=O)C(C3=COCO3)=C2Cc2ccccc2C)cc1. The van der Waals surface area contributed by atoms with Gasteiger partial charge in [-0.05, 0) is 42.3 Å². The number of ether oxygens (including phenoxy) is 4. The lowest BCUT2D eigenvalue weighted by Crippen LogP contribution is -2.29. The van der Waals surface area contributed by atoms with Gasteiger partial charge in [0.1, 0.15) is 17.6 Å². The van der Waals surface area contributed by atoms with Gasteiger partial charge in [0.15, 0.2) is 5.76 Å². The molecule has 6 nitrogen and oxygen atoms in total. The Morgan fingerprint density at radius 1 is 1.14 bits per heavy atom. The Balaban J connectivity index is 1.85. The topological polar surface area (TPSA) is 74.2 Å². The van der Waals surface area contributed by atoms with Crippen LogP contribution in [-0.4, -0.2) is 25.0 Å². The van der Waals surface area contributed by atoms with Crippen molar-refractivity contribution in [2.45, 2.75) is 19.1 Å². The standard InChI is InChI=1S/C22H20O6/c1-14-5-3-4-6-15(14)11-18-20(19-12-26-13-27-19)21(23)28-22(18,24)16-7-9-17(25-2)10-8-16/h3-10,12,24H,11,13H2,1-2H3. The van der Waals surface area contributed by atoms with E-state index in [2.05, 4.69) is 0 Å². The van der Waals surface area contributed by atoms with Gasteiger partial charge >= 0.3 is 5.97 Å². The van der Waals surface area contributed by atoms with Gasteiger partial charge < -0.3 is 24.1 Å². The largest absolute Gasteiger partial charge is 0.497 e. The molecule has 144 valence electrons. The summed E-state index contributed by atoms with van der Waals surface area (Å²) in [6.45, 7) is 2.00. The highest BCUT2D eigenvalue weighted by Crippen LogP contribution is 2.44. The normalized spacial score (nSPS) is 21.1. The Kier molecular flexibility index (Phi) is 4.57. The van der Waals surface area contributed by atoms with Crippen LogP contribution in [0.25, 0.3) is 0 Å². The smallest absolute Gasteiger partial charge is 0.345 e. The van der Waals surface area contributed by atoms with Crippen LogP contribution in [0.5, 0.6) is 5.75 Å². The number of aliphatic hydroxyl groups is 1. The van der Waals surface area contributed by atoms with Crippen LogP contribution in [0, 0.1) is 6.92 Å². The second kappa shape index (κ2) is 7.05. The van der Waals surface area contributed by atoms with Crippen LogP contribution in [0.2, 0.25) is 0 Å². The number of cyclic esters (lactones) is 1. The highest BCUT2D eigenvalue weighted by Gasteiger charge is 2.49. The average molecular weight is 380 g/mol. The third kappa shape index (κ3) is 3.01. The first-order valence-electron chi connectivity index (χ1n) is 8.86. The molecule has 2 aliphatic rings. The minimum Gasteiger partial charge on any atom is -0.497 e. The van der Waals surface area contributed by atoms with Crippen LogP contribution < -0.4 is 4.74 Å². The molecule has 2 aromatic rings. The third-order valence-corrected chi connectivity index (χ3v) is 4.98. The summed E-state index contributed by atoms with van der Waals surface area (Å²) in [5.41, 5.74) is 3.05. The van der Waals surface area contributed by atoms with Crippen molar-refractivity contribution in [3.05, 3.63) is 88.4 Å². The third-order valence-electron chi connectivity index (χ3n) is 4.98. The highest BCUT2D eigenvalue weighted by atomic mass is 16.7. The number of methoxy groups -OCH3 is 1. The second-order valence-electron chi connectivity index (χ2n) is 6.63. The van der Waals surface area contributed by atoms with Crippen molar-refractivity contribution in [3.63, 3.8) is 0 Å². The number of hydrogen-bond donors (Lipinski definition) is 1. The summed E-state index contributed by atoms with van der Waals surface area (Å²) in [4.78, 5) is 12.7. The fourth-order valence-electron chi connectivity index (χ4n) is 3.42. The van der Waals surface area contributed by atoms with Crippen LogP contribution in [0.3, 0.4) is 0 Å². The first kappa shape index (κ1) is 18.1. The van der Waals surface area contributed by atoms with Crippen LogP contribution >= 0.6 is 0 Å². The molecule has 1 N–H and O–H groups in total. The molecule has 0 amide bonds. The van der Waals surface area contributed by atoms with Crippen molar-refractivity contribution >= 4 is 5.97 Å². The van der Waals surface area contributed by atoms with Gasteiger partial charge in [0.25, 0.3) is 5.79 Å².